The summed E-state index contributed by atoms with van der Waals surface area (Å²) in [5.74, 6) is -0.953. The van der Waals surface area contributed by atoms with Crippen molar-refractivity contribution < 1.29 is 23.1 Å². The standard InChI is InChI=1S/C15H27N3O5S/c1-24(22,23)16-9-11-3-2-4-13(11)18-15(21)17-12-7-5-10(6-8-12)14(19)20/h10-13,16H,2-9H2,1H3,(H,19,20)(H2,17,18,21). The third-order valence-corrected chi connectivity index (χ3v) is 5.69. The van der Waals surface area contributed by atoms with Crippen molar-refractivity contribution in [1.29, 1.82) is 0 Å². The van der Waals surface area contributed by atoms with Crippen molar-refractivity contribution in [3.8, 4) is 0 Å². The van der Waals surface area contributed by atoms with E-state index in [0.29, 0.717) is 32.2 Å². The number of rotatable bonds is 6. The zero-order valence-electron chi connectivity index (χ0n) is 14.0. The highest BCUT2D eigenvalue weighted by Gasteiger charge is 2.31. The molecule has 0 aliphatic heterocycles. The summed E-state index contributed by atoms with van der Waals surface area (Å²) in [5, 5.41) is 14.8. The van der Waals surface area contributed by atoms with Crippen LogP contribution >= 0.6 is 0 Å². The maximum atomic E-state index is 12.2. The fourth-order valence-electron chi connectivity index (χ4n) is 3.61. The Hall–Kier alpha value is -1.35. The Bertz CT molecular complexity index is 557. The highest BCUT2D eigenvalue weighted by molar-refractivity contribution is 7.88. The van der Waals surface area contributed by atoms with Gasteiger partial charge in [-0.3, -0.25) is 4.79 Å². The molecule has 0 aromatic rings. The maximum absolute atomic E-state index is 12.2. The van der Waals surface area contributed by atoms with E-state index in [1.807, 2.05) is 0 Å². The zero-order valence-corrected chi connectivity index (χ0v) is 14.8. The zero-order chi connectivity index (χ0) is 17.7. The van der Waals surface area contributed by atoms with Crippen LogP contribution in [0.3, 0.4) is 0 Å². The lowest BCUT2D eigenvalue weighted by Crippen LogP contribution is -2.49. The first kappa shape index (κ1) is 19.0. The topological polar surface area (TPSA) is 125 Å². The molecule has 2 saturated carbocycles. The van der Waals surface area contributed by atoms with Crippen molar-refractivity contribution in [3.63, 3.8) is 0 Å². The van der Waals surface area contributed by atoms with Gasteiger partial charge in [0.1, 0.15) is 0 Å². The minimum absolute atomic E-state index is 0.00889. The summed E-state index contributed by atoms with van der Waals surface area (Å²) in [5.41, 5.74) is 0. The Morgan fingerprint density at radius 2 is 1.71 bits per heavy atom. The minimum atomic E-state index is -3.22. The second kappa shape index (κ2) is 8.15. The Balaban J connectivity index is 1.74. The van der Waals surface area contributed by atoms with Crippen LogP contribution < -0.4 is 15.4 Å². The molecule has 0 aromatic carbocycles. The predicted octanol–water partition coefficient (Wildman–Crippen LogP) is 0.647. The molecule has 9 heteroatoms. The average molecular weight is 361 g/mol. The van der Waals surface area contributed by atoms with Crippen LogP contribution in [0, 0.1) is 11.8 Å². The summed E-state index contributed by atoms with van der Waals surface area (Å²) in [4.78, 5) is 23.1. The molecule has 0 saturated heterocycles. The number of sulfonamides is 1. The molecular formula is C15H27N3O5S. The number of carbonyl (C=O) groups excluding carboxylic acids is 1. The monoisotopic (exact) mass is 361 g/mol. The summed E-state index contributed by atoms with van der Waals surface area (Å²) >= 11 is 0. The Labute approximate surface area is 142 Å². The van der Waals surface area contributed by atoms with Gasteiger partial charge >= 0.3 is 12.0 Å². The van der Waals surface area contributed by atoms with Gasteiger partial charge in [-0.15, -0.1) is 0 Å². The number of carboxylic acid groups (broad SMARTS) is 1. The lowest BCUT2D eigenvalue weighted by molar-refractivity contribution is -0.142. The van der Waals surface area contributed by atoms with E-state index in [2.05, 4.69) is 15.4 Å². The van der Waals surface area contributed by atoms with Crippen LogP contribution in [0.4, 0.5) is 4.79 Å². The molecule has 2 atom stereocenters. The average Bonchev–Trinajstić information content (AvgIpc) is 2.92. The van der Waals surface area contributed by atoms with Gasteiger partial charge in [0.25, 0.3) is 0 Å². The Morgan fingerprint density at radius 3 is 2.29 bits per heavy atom. The maximum Gasteiger partial charge on any atom is 0.315 e. The third-order valence-electron chi connectivity index (χ3n) is 4.99. The van der Waals surface area contributed by atoms with Gasteiger partial charge in [-0.05, 0) is 44.4 Å². The first-order valence-electron chi connectivity index (χ1n) is 8.49. The number of hydrogen-bond acceptors (Lipinski definition) is 4. The van der Waals surface area contributed by atoms with Crippen LogP contribution in [0.5, 0.6) is 0 Å². The van der Waals surface area contributed by atoms with Crippen molar-refractivity contribution in [2.24, 2.45) is 11.8 Å². The number of aliphatic carboxylic acids is 1. The molecular weight excluding hydrogens is 334 g/mol. The van der Waals surface area contributed by atoms with Crippen LogP contribution in [0.15, 0.2) is 0 Å². The van der Waals surface area contributed by atoms with Crippen LogP contribution in [-0.2, 0) is 14.8 Å². The summed E-state index contributed by atoms with van der Waals surface area (Å²) in [6.07, 6.45) is 6.35. The molecule has 0 radical (unpaired) electrons. The number of amides is 2. The molecule has 0 spiro atoms. The smallest absolute Gasteiger partial charge is 0.315 e. The molecule has 2 fully saturated rings. The van der Waals surface area contributed by atoms with Gasteiger partial charge in [-0.2, -0.15) is 0 Å². The molecule has 2 aliphatic rings. The van der Waals surface area contributed by atoms with Crippen molar-refractivity contribution in [3.05, 3.63) is 0 Å². The SMILES string of the molecule is CS(=O)(=O)NCC1CCCC1NC(=O)NC1CCC(C(=O)O)CC1. The minimum Gasteiger partial charge on any atom is -0.481 e. The van der Waals surface area contributed by atoms with Crippen LogP contribution in [-0.4, -0.2) is 50.4 Å². The molecule has 2 amide bonds. The highest BCUT2D eigenvalue weighted by Crippen LogP contribution is 2.26. The second-order valence-corrected chi connectivity index (χ2v) is 8.76. The predicted molar refractivity (Wildman–Crippen MR) is 89.0 cm³/mol. The molecule has 138 valence electrons. The molecule has 0 aromatic heterocycles. The van der Waals surface area contributed by atoms with Gasteiger partial charge in [0.15, 0.2) is 0 Å². The van der Waals surface area contributed by atoms with Gasteiger partial charge in [-0.25, -0.2) is 17.9 Å². The van der Waals surface area contributed by atoms with E-state index in [-0.39, 0.29) is 30.0 Å². The third kappa shape index (κ3) is 5.94. The summed E-state index contributed by atoms with van der Waals surface area (Å²) in [7, 11) is -3.22. The molecule has 2 unspecified atom stereocenters. The number of carboxylic acids is 1. The van der Waals surface area contributed by atoms with Gasteiger partial charge in [0.05, 0.1) is 12.2 Å². The molecule has 2 aliphatic carbocycles. The lowest BCUT2D eigenvalue weighted by Gasteiger charge is -2.28. The van der Waals surface area contributed by atoms with E-state index in [1.165, 1.54) is 0 Å². The molecule has 0 heterocycles. The van der Waals surface area contributed by atoms with Gasteiger partial charge < -0.3 is 15.7 Å². The Morgan fingerprint density at radius 1 is 1.04 bits per heavy atom. The van der Waals surface area contributed by atoms with Crippen LogP contribution in [0.1, 0.15) is 44.9 Å². The first-order valence-corrected chi connectivity index (χ1v) is 10.4. The Kier molecular flexibility index (Phi) is 6.45. The second-order valence-electron chi connectivity index (χ2n) is 6.92. The fourth-order valence-corrected chi connectivity index (χ4v) is 4.13. The van der Waals surface area contributed by atoms with Crippen molar-refractivity contribution in [2.75, 3.05) is 12.8 Å². The van der Waals surface area contributed by atoms with E-state index < -0.39 is 16.0 Å². The molecule has 4 N–H and O–H groups in total. The highest BCUT2D eigenvalue weighted by atomic mass is 32.2. The van der Waals surface area contributed by atoms with Crippen LogP contribution in [0.25, 0.3) is 0 Å². The van der Waals surface area contributed by atoms with Gasteiger partial charge in [0.2, 0.25) is 10.0 Å². The van der Waals surface area contributed by atoms with Crippen LogP contribution in [0.2, 0.25) is 0 Å². The number of urea groups is 1. The van der Waals surface area contributed by atoms with E-state index in [1.54, 1.807) is 0 Å². The molecule has 8 nitrogen and oxygen atoms in total. The number of carbonyl (C=O) groups is 2. The van der Waals surface area contributed by atoms with E-state index in [4.69, 9.17) is 5.11 Å². The summed E-state index contributed by atoms with van der Waals surface area (Å²) in [6, 6.07) is -0.269. The number of nitrogens with one attached hydrogen (secondary N) is 3. The van der Waals surface area contributed by atoms with E-state index in [9.17, 15) is 18.0 Å². The first-order chi connectivity index (χ1) is 11.2. The summed E-state index contributed by atoms with van der Waals surface area (Å²) < 4.78 is 24.9. The normalized spacial score (nSPS) is 30.7. The molecule has 2 rings (SSSR count). The van der Waals surface area contributed by atoms with Gasteiger partial charge in [-0.1, -0.05) is 6.42 Å². The van der Waals surface area contributed by atoms with Gasteiger partial charge in [0, 0.05) is 18.6 Å². The molecule has 24 heavy (non-hydrogen) atoms. The quantitative estimate of drug-likeness (QED) is 0.553. The lowest BCUT2D eigenvalue weighted by atomic mass is 9.86. The van der Waals surface area contributed by atoms with Crippen molar-refractivity contribution >= 4 is 22.0 Å². The van der Waals surface area contributed by atoms with Crippen molar-refractivity contribution in [2.45, 2.75) is 57.0 Å². The summed E-state index contributed by atoms with van der Waals surface area (Å²) in [6.45, 7) is 0.341. The fraction of sp³-hybridized carbons (Fsp3) is 0.867. The largest absolute Gasteiger partial charge is 0.481 e. The molecule has 0 bridgehead atoms. The van der Waals surface area contributed by atoms with E-state index in [0.717, 1.165) is 25.5 Å². The van der Waals surface area contributed by atoms with Crippen molar-refractivity contribution in [1.82, 2.24) is 15.4 Å². The number of hydrogen-bond donors (Lipinski definition) is 4. The van der Waals surface area contributed by atoms with E-state index >= 15 is 0 Å².